The number of hydrogen-bond acceptors (Lipinski definition) is 10. The highest BCUT2D eigenvalue weighted by atomic mass is 32.2. The average Bonchev–Trinajstić information content (AvgIpc) is 3.08. The van der Waals surface area contributed by atoms with Crippen molar-refractivity contribution in [2.45, 2.75) is 51.7 Å². The summed E-state index contributed by atoms with van der Waals surface area (Å²) in [4.78, 5) is 27.6. The number of alkyl halides is 2. The number of carbonyl (C=O) groups is 1. The van der Waals surface area contributed by atoms with Crippen molar-refractivity contribution in [3.63, 3.8) is 0 Å². The Hall–Kier alpha value is -2.19. The van der Waals surface area contributed by atoms with Crippen LogP contribution in [0.5, 0.6) is 0 Å². The molecule has 0 bridgehead atoms. The summed E-state index contributed by atoms with van der Waals surface area (Å²) in [6.07, 6.45) is -5.26. The van der Waals surface area contributed by atoms with E-state index in [0.717, 1.165) is 29.6 Å². The van der Waals surface area contributed by atoms with E-state index in [-0.39, 0.29) is 29.8 Å². The second-order valence-electron chi connectivity index (χ2n) is 9.52. The monoisotopic (exact) mass is 576 g/mol. The van der Waals surface area contributed by atoms with Gasteiger partial charge in [0, 0.05) is 23.9 Å². The number of thioether (sulfide) groups is 1. The number of hydrogen-bond donors (Lipinski definition) is 3. The standard InChI is InChI=1S/C23H31F2N4O7PS/c1-22(2,3)20(31)38-12-11-34-37(33,27-13-15-7-5-4-6-8-15)35-14-16-18(30)23(24,25)19(36-16)29-10-9-17(26)28-21(29)32/h4-10,16,18-19,30H,11-14H2,1-3H3,(H,27,33)(H2,26,28,32)/t16-,18-,19-,37?/m1/s1. The number of aliphatic hydroxyl groups excluding tert-OH is 1. The summed E-state index contributed by atoms with van der Waals surface area (Å²) >= 11 is 1.00. The Morgan fingerprint density at radius 3 is 2.61 bits per heavy atom. The SMILES string of the molecule is CC(C)(C)C(=O)SCCOP(=O)(NCc1ccccc1)OC[C@H]1O[C@@H](n2ccc(N)nc2=O)C(F)(F)[C@@H]1O. The molecule has 0 radical (unpaired) electrons. The van der Waals surface area contributed by atoms with Crippen LogP contribution in [0.1, 0.15) is 32.6 Å². The molecule has 2 heterocycles. The topological polar surface area (TPSA) is 155 Å². The van der Waals surface area contributed by atoms with Crippen molar-refractivity contribution in [3.8, 4) is 0 Å². The Labute approximate surface area is 222 Å². The zero-order valence-electron chi connectivity index (χ0n) is 21.1. The molecule has 2 aromatic rings. The van der Waals surface area contributed by atoms with Crippen LogP contribution in [0.2, 0.25) is 0 Å². The predicted octanol–water partition coefficient (Wildman–Crippen LogP) is 2.96. The minimum absolute atomic E-state index is 0.0611. The van der Waals surface area contributed by atoms with Gasteiger partial charge >= 0.3 is 19.4 Å². The Bertz CT molecular complexity index is 1210. The van der Waals surface area contributed by atoms with Crippen LogP contribution >= 0.6 is 19.5 Å². The maximum atomic E-state index is 14.8. The van der Waals surface area contributed by atoms with Gasteiger partial charge in [-0.3, -0.25) is 18.4 Å². The molecule has 0 amide bonds. The minimum atomic E-state index is -4.12. The van der Waals surface area contributed by atoms with Gasteiger partial charge in [0.05, 0.1) is 13.2 Å². The zero-order valence-corrected chi connectivity index (χ0v) is 22.8. The summed E-state index contributed by atoms with van der Waals surface area (Å²) in [6, 6.07) is 10.0. The number of benzene rings is 1. The quantitative estimate of drug-likeness (QED) is 0.267. The van der Waals surface area contributed by atoms with Crippen molar-refractivity contribution in [1.29, 1.82) is 0 Å². The van der Waals surface area contributed by atoms with Gasteiger partial charge in [-0.1, -0.05) is 62.9 Å². The van der Waals surface area contributed by atoms with Crippen LogP contribution in [0.3, 0.4) is 0 Å². The van der Waals surface area contributed by atoms with Crippen molar-refractivity contribution in [1.82, 2.24) is 14.6 Å². The van der Waals surface area contributed by atoms with Crippen molar-refractivity contribution in [2.24, 2.45) is 5.41 Å². The molecule has 1 aliphatic heterocycles. The minimum Gasteiger partial charge on any atom is -0.384 e. The first-order valence-electron chi connectivity index (χ1n) is 11.6. The van der Waals surface area contributed by atoms with Crippen molar-refractivity contribution >= 4 is 30.4 Å². The van der Waals surface area contributed by atoms with Crippen molar-refractivity contribution < 1.29 is 37.0 Å². The molecule has 0 spiro atoms. The van der Waals surface area contributed by atoms with Gasteiger partial charge in [-0.05, 0) is 11.6 Å². The first kappa shape index (κ1) is 30.4. The van der Waals surface area contributed by atoms with E-state index in [1.807, 2.05) is 0 Å². The molecule has 0 saturated carbocycles. The highest BCUT2D eigenvalue weighted by Crippen LogP contribution is 2.47. The van der Waals surface area contributed by atoms with Crippen LogP contribution in [0.4, 0.5) is 14.6 Å². The van der Waals surface area contributed by atoms with Crippen LogP contribution < -0.4 is 16.5 Å². The molecule has 4 N–H and O–H groups in total. The molecule has 15 heteroatoms. The molecule has 1 aromatic heterocycles. The average molecular weight is 577 g/mol. The first-order chi connectivity index (χ1) is 17.7. The van der Waals surface area contributed by atoms with Crippen molar-refractivity contribution in [2.75, 3.05) is 24.7 Å². The fourth-order valence-corrected chi connectivity index (χ4v) is 5.52. The molecule has 1 aromatic carbocycles. The number of nitrogen functional groups attached to an aromatic ring is 1. The Kier molecular flexibility index (Phi) is 9.85. The lowest BCUT2D eigenvalue weighted by Gasteiger charge is -2.22. The Morgan fingerprint density at radius 2 is 1.97 bits per heavy atom. The molecule has 11 nitrogen and oxygen atoms in total. The van der Waals surface area contributed by atoms with Crippen molar-refractivity contribution in [3.05, 3.63) is 58.6 Å². The number of anilines is 1. The van der Waals surface area contributed by atoms with E-state index in [1.54, 1.807) is 51.1 Å². The largest absolute Gasteiger partial charge is 0.405 e. The van der Waals surface area contributed by atoms with Gasteiger partial charge in [-0.2, -0.15) is 13.8 Å². The van der Waals surface area contributed by atoms with Gasteiger partial charge in [-0.15, -0.1) is 0 Å². The zero-order chi connectivity index (χ0) is 28.1. The molecule has 210 valence electrons. The maximum Gasteiger partial charge on any atom is 0.405 e. The molecule has 1 saturated heterocycles. The van der Waals surface area contributed by atoms with E-state index >= 15 is 0 Å². The Balaban J connectivity index is 1.69. The van der Waals surface area contributed by atoms with E-state index in [2.05, 4.69) is 10.1 Å². The molecule has 1 unspecified atom stereocenters. The third-order valence-electron chi connectivity index (χ3n) is 5.40. The van der Waals surface area contributed by atoms with Gasteiger partial charge in [0.25, 0.3) is 0 Å². The third kappa shape index (κ3) is 7.69. The van der Waals surface area contributed by atoms with E-state index < -0.39 is 49.8 Å². The molecule has 1 fully saturated rings. The molecule has 1 aliphatic rings. The lowest BCUT2D eigenvalue weighted by molar-refractivity contribution is -0.140. The molecule has 4 atom stereocenters. The van der Waals surface area contributed by atoms with Gasteiger partial charge in [0.2, 0.25) is 6.23 Å². The summed E-state index contributed by atoms with van der Waals surface area (Å²) in [5, 5.41) is 12.8. The molecular formula is C23H31F2N4O7PS. The molecule has 38 heavy (non-hydrogen) atoms. The van der Waals surface area contributed by atoms with Crippen LogP contribution in [0.15, 0.2) is 47.4 Å². The number of nitrogens with one attached hydrogen (secondary N) is 1. The number of aromatic nitrogens is 2. The fourth-order valence-electron chi connectivity index (χ4n) is 3.30. The number of rotatable bonds is 11. The van der Waals surface area contributed by atoms with Gasteiger partial charge in [-0.25, -0.2) is 14.4 Å². The Morgan fingerprint density at radius 1 is 1.29 bits per heavy atom. The van der Waals surface area contributed by atoms with E-state index in [1.165, 1.54) is 0 Å². The number of aliphatic hydroxyl groups is 1. The molecule has 0 aliphatic carbocycles. The second kappa shape index (κ2) is 12.3. The van der Waals surface area contributed by atoms with Gasteiger partial charge in [0.1, 0.15) is 11.9 Å². The molecule has 3 rings (SSSR count). The van der Waals surface area contributed by atoms with Gasteiger partial charge < -0.3 is 15.6 Å². The van der Waals surface area contributed by atoms with Crippen LogP contribution in [-0.4, -0.2) is 56.9 Å². The van der Waals surface area contributed by atoms with E-state index in [9.17, 15) is 28.0 Å². The predicted molar refractivity (Wildman–Crippen MR) is 137 cm³/mol. The third-order valence-corrected chi connectivity index (χ3v) is 8.20. The smallest absolute Gasteiger partial charge is 0.384 e. The summed E-state index contributed by atoms with van der Waals surface area (Å²) in [6.45, 7) is 4.46. The number of carbonyl (C=O) groups excluding carboxylic acids is 1. The summed E-state index contributed by atoms with van der Waals surface area (Å²) < 4.78 is 59.7. The summed E-state index contributed by atoms with van der Waals surface area (Å²) in [5.74, 6) is -3.90. The van der Waals surface area contributed by atoms with Crippen LogP contribution in [0.25, 0.3) is 0 Å². The van der Waals surface area contributed by atoms with Crippen LogP contribution in [0, 0.1) is 5.41 Å². The highest BCUT2D eigenvalue weighted by Gasteiger charge is 2.60. The van der Waals surface area contributed by atoms with Crippen LogP contribution in [-0.2, 0) is 29.7 Å². The van der Waals surface area contributed by atoms with Gasteiger partial charge in [0.15, 0.2) is 11.2 Å². The summed E-state index contributed by atoms with van der Waals surface area (Å²) in [7, 11) is -4.12. The normalized spacial score (nSPS) is 22.7. The molecular weight excluding hydrogens is 545 g/mol. The number of halogens is 2. The number of nitrogens with two attached hydrogens (primary N) is 1. The van der Waals surface area contributed by atoms with E-state index in [0.29, 0.717) is 4.57 Å². The van der Waals surface area contributed by atoms with E-state index in [4.69, 9.17) is 19.5 Å². The summed E-state index contributed by atoms with van der Waals surface area (Å²) in [5.41, 5.74) is 4.49. The highest BCUT2D eigenvalue weighted by molar-refractivity contribution is 8.13. The maximum absolute atomic E-state index is 14.8. The number of nitrogens with zero attached hydrogens (tertiary/aromatic N) is 2. The lowest BCUT2D eigenvalue weighted by Crippen LogP contribution is -2.42. The first-order valence-corrected chi connectivity index (χ1v) is 14.2. The second-order valence-corrected chi connectivity index (χ2v) is 12.4. The lowest BCUT2D eigenvalue weighted by atomic mass is 10.00. The fraction of sp³-hybridized carbons (Fsp3) is 0.522. The number of ether oxygens (including phenoxy) is 1.